The number of carboxylic acids is 1. The van der Waals surface area contributed by atoms with Crippen LogP contribution in [0.5, 0.6) is 0 Å². The van der Waals surface area contributed by atoms with Gasteiger partial charge in [-0.15, -0.1) is 0 Å². The van der Waals surface area contributed by atoms with Crippen LogP contribution >= 0.6 is 7.82 Å². The van der Waals surface area contributed by atoms with Crippen molar-refractivity contribution in [1.29, 1.82) is 0 Å². The van der Waals surface area contributed by atoms with E-state index in [1.54, 1.807) is 6.08 Å². The zero-order chi connectivity index (χ0) is 43.7. The van der Waals surface area contributed by atoms with E-state index < -0.39 is 63.8 Å². The number of rotatable bonds is 39. The van der Waals surface area contributed by atoms with Gasteiger partial charge in [0.2, 0.25) is 0 Å². The molecule has 0 fully saturated rings. The third kappa shape index (κ3) is 39.8. The smallest absolute Gasteiger partial charge is 0.472 e. The van der Waals surface area contributed by atoms with Crippen LogP contribution in [0, 0.1) is 0 Å². The molecule has 0 aromatic carbocycles. The molecule has 0 radical (unpaired) electrons. The maximum absolute atomic E-state index is 12.6. The second-order valence-electron chi connectivity index (χ2n) is 14.3. The Labute approximate surface area is 355 Å². The van der Waals surface area contributed by atoms with Crippen LogP contribution in [0.1, 0.15) is 149 Å². The van der Waals surface area contributed by atoms with E-state index in [4.69, 9.17) is 24.8 Å². The Morgan fingerprint density at radius 1 is 0.610 bits per heavy atom. The fourth-order valence-electron chi connectivity index (χ4n) is 5.21. The topological polar surface area (TPSA) is 192 Å². The molecule has 13 heteroatoms. The lowest BCUT2D eigenvalue weighted by atomic mass is 10.1. The minimum atomic E-state index is -4.76. The number of nitrogens with two attached hydrogens (primary N) is 1. The number of aliphatic carboxylic acids is 1. The summed E-state index contributed by atoms with van der Waals surface area (Å²) >= 11 is 0. The van der Waals surface area contributed by atoms with Crippen molar-refractivity contribution in [3.63, 3.8) is 0 Å². The Balaban J connectivity index is 4.63. The molecule has 0 rings (SSSR count). The molecule has 336 valence electrons. The molecular weight excluding hydrogens is 773 g/mol. The molecule has 5 N–H and O–H groups in total. The average molecular weight is 850 g/mol. The van der Waals surface area contributed by atoms with Crippen LogP contribution in [0.4, 0.5) is 0 Å². The summed E-state index contributed by atoms with van der Waals surface area (Å²) in [5.41, 5.74) is 5.32. The van der Waals surface area contributed by atoms with Gasteiger partial charge in [0.15, 0.2) is 6.10 Å². The first-order valence-corrected chi connectivity index (χ1v) is 23.2. The number of unbranched alkanes of at least 4 members (excludes halogenated alkanes) is 11. The van der Waals surface area contributed by atoms with Crippen LogP contribution in [-0.4, -0.2) is 71.1 Å². The number of aliphatic hydroxyl groups excluding tert-OH is 1. The number of hydrogen-bond acceptors (Lipinski definition) is 10. The van der Waals surface area contributed by atoms with Crippen molar-refractivity contribution >= 4 is 25.7 Å². The van der Waals surface area contributed by atoms with E-state index in [9.17, 15) is 28.9 Å². The van der Waals surface area contributed by atoms with Crippen molar-refractivity contribution in [2.24, 2.45) is 5.73 Å². The van der Waals surface area contributed by atoms with E-state index in [1.807, 2.05) is 48.6 Å². The average Bonchev–Trinajstić information content (AvgIpc) is 3.21. The van der Waals surface area contributed by atoms with E-state index >= 15 is 0 Å². The number of aliphatic hydroxyl groups is 1. The quantitative estimate of drug-likeness (QED) is 0.0151. The number of hydrogen-bond donors (Lipinski definition) is 4. The summed E-state index contributed by atoms with van der Waals surface area (Å²) in [6.45, 7) is 2.56. The van der Waals surface area contributed by atoms with Crippen LogP contribution < -0.4 is 5.73 Å². The molecule has 0 saturated carbocycles. The summed E-state index contributed by atoms with van der Waals surface area (Å²) in [5.74, 6) is -2.58. The first-order chi connectivity index (χ1) is 28.5. The number of phosphoric acid groups is 1. The molecule has 4 atom stereocenters. The Morgan fingerprint density at radius 2 is 1.10 bits per heavy atom. The summed E-state index contributed by atoms with van der Waals surface area (Å²) in [4.78, 5) is 45.9. The molecule has 0 amide bonds. The Bertz CT molecular complexity index is 1340. The first kappa shape index (κ1) is 55.6. The molecule has 0 spiro atoms. The lowest BCUT2D eigenvalue weighted by Gasteiger charge is -2.20. The number of phosphoric ester groups is 1. The van der Waals surface area contributed by atoms with Gasteiger partial charge in [-0.05, 0) is 77.0 Å². The van der Waals surface area contributed by atoms with Crippen LogP contribution in [0.2, 0.25) is 0 Å². The Kier molecular flexibility index (Phi) is 37.8. The SMILES string of the molecule is CCCCC/C=C\C[C@H](O)/C=C/C=C\C/C=C\CCCC(=O)O[C@H](COC(=O)CCC/C=C\C/C=C\C/C=C\CCCCCCCC)COP(=O)(O)OC[C@H](N)C(=O)O. The normalized spacial score (nSPS) is 15.1. The van der Waals surface area contributed by atoms with Gasteiger partial charge in [-0.2, -0.15) is 0 Å². The molecule has 12 nitrogen and oxygen atoms in total. The summed E-state index contributed by atoms with van der Waals surface area (Å²) in [7, 11) is -4.76. The van der Waals surface area contributed by atoms with Gasteiger partial charge in [-0.3, -0.25) is 23.4 Å². The fraction of sp³-hybridized carbons (Fsp3) is 0.630. The predicted molar refractivity (Wildman–Crippen MR) is 236 cm³/mol. The monoisotopic (exact) mass is 850 g/mol. The molecular formula is C46H76NO11P. The van der Waals surface area contributed by atoms with Gasteiger partial charge in [0.05, 0.1) is 19.3 Å². The van der Waals surface area contributed by atoms with Crippen molar-refractivity contribution in [1.82, 2.24) is 0 Å². The van der Waals surface area contributed by atoms with Crippen LogP contribution in [0.25, 0.3) is 0 Å². The van der Waals surface area contributed by atoms with Gasteiger partial charge < -0.3 is 30.3 Å². The Morgan fingerprint density at radius 3 is 1.73 bits per heavy atom. The minimum absolute atomic E-state index is 0.0382. The van der Waals surface area contributed by atoms with E-state index in [1.165, 1.54) is 57.8 Å². The van der Waals surface area contributed by atoms with E-state index in [-0.39, 0.29) is 12.8 Å². The van der Waals surface area contributed by atoms with Gasteiger partial charge in [-0.25, -0.2) is 4.57 Å². The van der Waals surface area contributed by atoms with E-state index in [0.717, 1.165) is 25.7 Å². The molecule has 0 aromatic heterocycles. The third-order valence-electron chi connectivity index (χ3n) is 8.70. The highest BCUT2D eigenvalue weighted by Gasteiger charge is 2.28. The minimum Gasteiger partial charge on any atom is -0.480 e. The third-order valence-corrected chi connectivity index (χ3v) is 9.65. The van der Waals surface area contributed by atoms with Gasteiger partial charge >= 0.3 is 25.7 Å². The lowest BCUT2D eigenvalue weighted by Crippen LogP contribution is -2.34. The standard InChI is InChI=1S/C46H76NO11P/c1-3-5-7-9-11-12-13-14-15-16-17-18-19-20-24-28-32-36-44(49)55-38-42(39-56-59(53,54)57-40-43(47)46(51)52)58-45(50)37-33-29-25-22-21-23-27-31-35-41(48)34-30-26-10-8-6-4-2/h14-15,17-18,20,22-27,30-31,35,41-43,48H,3-13,16,19,21,28-29,32-34,36-40,47H2,1-2H3,(H,51,52)(H,53,54)/b15-14-,18-17-,24-20-,25-22-,27-23-,30-26-,35-31+/t41-,42+,43-/m0/s1. The molecule has 0 saturated heterocycles. The molecule has 0 aliphatic carbocycles. The van der Waals surface area contributed by atoms with Gasteiger partial charge in [0.1, 0.15) is 12.6 Å². The summed E-state index contributed by atoms with van der Waals surface area (Å²) < 4.78 is 32.5. The molecule has 0 bridgehead atoms. The zero-order valence-corrected chi connectivity index (χ0v) is 36.8. The van der Waals surface area contributed by atoms with Crippen LogP contribution in [-0.2, 0) is 37.5 Å². The zero-order valence-electron chi connectivity index (χ0n) is 35.9. The maximum atomic E-state index is 12.6. The van der Waals surface area contributed by atoms with Crippen molar-refractivity contribution < 1.29 is 52.6 Å². The number of carbonyl (C=O) groups excluding carboxylic acids is 2. The van der Waals surface area contributed by atoms with Crippen molar-refractivity contribution in [3.05, 3.63) is 85.1 Å². The molecule has 0 aliphatic heterocycles. The van der Waals surface area contributed by atoms with Gasteiger partial charge in [0, 0.05) is 12.8 Å². The molecule has 0 heterocycles. The van der Waals surface area contributed by atoms with E-state index in [0.29, 0.717) is 38.5 Å². The van der Waals surface area contributed by atoms with Gasteiger partial charge in [0.25, 0.3) is 0 Å². The highest BCUT2D eigenvalue weighted by molar-refractivity contribution is 7.47. The van der Waals surface area contributed by atoms with Crippen molar-refractivity contribution in [3.8, 4) is 0 Å². The van der Waals surface area contributed by atoms with Crippen molar-refractivity contribution in [2.45, 2.75) is 167 Å². The predicted octanol–water partition coefficient (Wildman–Crippen LogP) is 10.5. The fourth-order valence-corrected chi connectivity index (χ4v) is 5.99. The molecule has 1 unspecified atom stereocenters. The van der Waals surface area contributed by atoms with Crippen LogP contribution in [0.15, 0.2) is 85.1 Å². The number of carbonyl (C=O) groups is 3. The van der Waals surface area contributed by atoms with Gasteiger partial charge in [-0.1, -0.05) is 144 Å². The summed E-state index contributed by atoms with van der Waals surface area (Å²) in [6.07, 6.45) is 45.5. The molecule has 0 aliphatic rings. The summed E-state index contributed by atoms with van der Waals surface area (Å²) in [5, 5.41) is 18.9. The second kappa shape index (κ2) is 40.0. The number of carboxylic acid groups (broad SMARTS) is 1. The van der Waals surface area contributed by atoms with E-state index in [2.05, 4.69) is 48.8 Å². The Hall–Kier alpha value is -3.38. The number of esters is 2. The maximum Gasteiger partial charge on any atom is 0.472 e. The molecule has 0 aromatic rings. The second-order valence-corrected chi connectivity index (χ2v) is 15.8. The first-order valence-electron chi connectivity index (χ1n) is 21.7. The molecule has 59 heavy (non-hydrogen) atoms. The lowest BCUT2D eigenvalue weighted by molar-refractivity contribution is -0.161. The largest absolute Gasteiger partial charge is 0.480 e. The van der Waals surface area contributed by atoms with Crippen molar-refractivity contribution in [2.75, 3.05) is 19.8 Å². The highest BCUT2D eigenvalue weighted by atomic mass is 31.2. The number of allylic oxidation sites excluding steroid dienone is 12. The highest BCUT2D eigenvalue weighted by Crippen LogP contribution is 2.43. The van der Waals surface area contributed by atoms with Crippen LogP contribution in [0.3, 0.4) is 0 Å². The summed E-state index contributed by atoms with van der Waals surface area (Å²) in [6, 6.07) is -1.55. The number of ether oxygens (including phenoxy) is 2.